The molecule has 1 amide bonds. The van der Waals surface area contributed by atoms with Crippen LogP contribution in [0.15, 0.2) is 36.4 Å². The van der Waals surface area contributed by atoms with Crippen molar-refractivity contribution in [1.82, 2.24) is 5.32 Å². The molecule has 0 aliphatic carbocycles. The van der Waals surface area contributed by atoms with Gasteiger partial charge >= 0.3 is 0 Å². The molecule has 0 atom stereocenters. The topological polar surface area (TPSA) is 55.1 Å². The summed E-state index contributed by atoms with van der Waals surface area (Å²) in [6, 6.07) is 11.8. The van der Waals surface area contributed by atoms with E-state index in [4.69, 9.17) is 5.73 Å². The lowest BCUT2D eigenvalue weighted by Gasteiger charge is -2.05. The molecule has 1 aromatic heterocycles. The third-order valence-electron chi connectivity index (χ3n) is 3.14. The zero-order chi connectivity index (χ0) is 14.4. The fourth-order valence-electron chi connectivity index (χ4n) is 1.97. The molecule has 2 rings (SSSR count). The number of benzene rings is 1. The van der Waals surface area contributed by atoms with E-state index in [2.05, 4.69) is 24.4 Å². The van der Waals surface area contributed by atoms with Crippen molar-refractivity contribution in [2.45, 2.75) is 26.3 Å². The first kappa shape index (κ1) is 14.8. The van der Waals surface area contributed by atoms with E-state index in [0.29, 0.717) is 18.7 Å². The van der Waals surface area contributed by atoms with Gasteiger partial charge in [-0.15, -0.1) is 11.3 Å². The van der Waals surface area contributed by atoms with Crippen LogP contribution in [-0.2, 0) is 19.4 Å². The molecule has 0 aliphatic heterocycles. The number of nitrogens with one attached hydrogen (secondary N) is 1. The highest BCUT2D eigenvalue weighted by Gasteiger charge is 2.06. The molecule has 2 aromatic rings. The highest BCUT2D eigenvalue weighted by Crippen LogP contribution is 2.16. The van der Waals surface area contributed by atoms with Crippen molar-refractivity contribution in [3.05, 3.63) is 57.3 Å². The lowest BCUT2D eigenvalue weighted by atomic mass is 10.1. The van der Waals surface area contributed by atoms with Gasteiger partial charge in [0, 0.05) is 15.3 Å². The smallest absolute Gasteiger partial charge is 0.251 e. The second kappa shape index (κ2) is 7.22. The summed E-state index contributed by atoms with van der Waals surface area (Å²) in [6.07, 6.45) is 1.89. The van der Waals surface area contributed by atoms with Gasteiger partial charge < -0.3 is 11.1 Å². The minimum atomic E-state index is -0.0317. The summed E-state index contributed by atoms with van der Waals surface area (Å²) in [5, 5.41) is 2.95. The zero-order valence-corrected chi connectivity index (χ0v) is 12.5. The Morgan fingerprint density at radius 3 is 2.45 bits per heavy atom. The molecule has 0 saturated carbocycles. The molecule has 3 N–H and O–H groups in total. The fourth-order valence-corrected chi connectivity index (χ4v) is 2.86. The second-order valence-corrected chi connectivity index (χ2v) is 5.89. The Kier molecular flexibility index (Phi) is 5.32. The first-order chi connectivity index (χ1) is 9.72. The molecule has 0 fully saturated rings. The Morgan fingerprint density at radius 1 is 1.15 bits per heavy atom. The number of hydrogen-bond acceptors (Lipinski definition) is 3. The summed E-state index contributed by atoms with van der Waals surface area (Å²) >= 11 is 1.75. The molecular weight excluding hydrogens is 268 g/mol. The Labute approximate surface area is 123 Å². The van der Waals surface area contributed by atoms with Gasteiger partial charge in [0.05, 0.1) is 6.54 Å². The quantitative estimate of drug-likeness (QED) is 0.858. The standard InChI is InChI=1S/C16H20N2OS/c1-2-14-7-8-15(20-14)11-18-16(19)13-5-3-12(4-6-13)9-10-17/h3-8H,2,9-11,17H2,1H3,(H,18,19). The SMILES string of the molecule is CCc1ccc(CNC(=O)c2ccc(CCN)cc2)s1. The molecule has 1 aromatic carbocycles. The lowest BCUT2D eigenvalue weighted by Crippen LogP contribution is -2.22. The molecule has 0 unspecified atom stereocenters. The number of rotatable bonds is 6. The molecule has 1 heterocycles. The van der Waals surface area contributed by atoms with E-state index in [1.54, 1.807) is 11.3 Å². The van der Waals surface area contributed by atoms with Crippen molar-refractivity contribution < 1.29 is 4.79 Å². The first-order valence-corrected chi connectivity index (χ1v) is 7.69. The summed E-state index contributed by atoms with van der Waals surface area (Å²) in [4.78, 5) is 14.6. The van der Waals surface area contributed by atoms with Crippen LogP contribution in [0.25, 0.3) is 0 Å². The molecule has 4 heteroatoms. The average molecular weight is 288 g/mol. The maximum Gasteiger partial charge on any atom is 0.251 e. The van der Waals surface area contributed by atoms with E-state index in [-0.39, 0.29) is 5.91 Å². The van der Waals surface area contributed by atoms with Crippen LogP contribution in [0.2, 0.25) is 0 Å². The van der Waals surface area contributed by atoms with Crippen LogP contribution >= 0.6 is 11.3 Å². The minimum absolute atomic E-state index is 0.0317. The number of amides is 1. The highest BCUT2D eigenvalue weighted by atomic mass is 32.1. The van der Waals surface area contributed by atoms with Crippen molar-refractivity contribution in [3.63, 3.8) is 0 Å². The predicted molar refractivity (Wildman–Crippen MR) is 84.1 cm³/mol. The summed E-state index contributed by atoms with van der Waals surface area (Å²) in [7, 11) is 0. The highest BCUT2D eigenvalue weighted by molar-refractivity contribution is 7.11. The molecule has 0 radical (unpaired) electrons. The average Bonchev–Trinajstić information content (AvgIpc) is 2.94. The van der Waals surface area contributed by atoms with Gasteiger partial charge in [-0.05, 0) is 49.2 Å². The normalized spacial score (nSPS) is 10.5. The van der Waals surface area contributed by atoms with E-state index in [0.717, 1.165) is 18.4 Å². The molecular formula is C16H20N2OS. The zero-order valence-electron chi connectivity index (χ0n) is 11.7. The number of aryl methyl sites for hydroxylation is 1. The van der Waals surface area contributed by atoms with Gasteiger partial charge in [0.1, 0.15) is 0 Å². The third-order valence-corrected chi connectivity index (χ3v) is 4.37. The Bertz CT molecular complexity index is 560. The van der Waals surface area contributed by atoms with Crippen molar-refractivity contribution in [3.8, 4) is 0 Å². The Hall–Kier alpha value is -1.65. The summed E-state index contributed by atoms with van der Waals surface area (Å²) < 4.78 is 0. The van der Waals surface area contributed by atoms with E-state index < -0.39 is 0 Å². The van der Waals surface area contributed by atoms with Crippen molar-refractivity contribution in [1.29, 1.82) is 0 Å². The minimum Gasteiger partial charge on any atom is -0.347 e. The van der Waals surface area contributed by atoms with E-state index in [1.807, 2.05) is 24.3 Å². The van der Waals surface area contributed by atoms with Crippen LogP contribution in [0.3, 0.4) is 0 Å². The van der Waals surface area contributed by atoms with Crippen molar-refractivity contribution in [2.75, 3.05) is 6.54 Å². The lowest BCUT2D eigenvalue weighted by molar-refractivity contribution is 0.0951. The van der Waals surface area contributed by atoms with Crippen molar-refractivity contribution >= 4 is 17.2 Å². The van der Waals surface area contributed by atoms with Gasteiger partial charge in [-0.1, -0.05) is 19.1 Å². The molecule has 3 nitrogen and oxygen atoms in total. The van der Waals surface area contributed by atoms with Crippen LogP contribution in [0.5, 0.6) is 0 Å². The molecule has 0 spiro atoms. The molecule has 0 bridgehead atoms. The summed E-state index contributed by atoms with van der Waals surface area (Å²) in [5.41, 5.74) is 7.36. The van der Waals surface area contributed by atoms with Crippen LogP contribution in [0.1, 0.15) is 32.6 Å². The first-order valence-electron chi connectivity index (χ1n) is 6.87. The maximum atomic E-state index is 12.0. The number of carbonyl (C=O) groups excluding carboxylic acids is 1. The number of nitrogens with two attached hydrogens (primary N) is 1. The second-order valence-electron chi connectivity index (χ2n) is 4.64. The number of thiophene rings is 1. The summed E-state index contributed by atoms with van der Waals surface area (Å²) in [5.74, 6) is -0.0317. The molecule has 0 aliphatic rings. The van der Waals surface area contributed by atoms with Crippen LogP contribution < -0.4 is 11.1 Å². The molecule has 106 valence electrons. The van der Waals surface area contributed by atoms with Crippen LogP contribution in [0.4, 0.5) is 0 Å². The Morgan fingerprint density at radius 2 is 1.85 bits per heavy atom. The van der Waals surface area contributed by atoms with Gasteiger partial charge in [0.15, 0.2) is 0 Å². The van der Waals surface area contributed by atoms with E-state index in [9.17, 15) is 4.79 Å². The van der Waals surface area contributed by atoms with Crippen LogP contribution in [-0.4, -0.2) is 12.5 Å². The third kappa shape index (κ3) is 3.92. The van der Waals surface area contributed by atoms with Gasteiger partial charge in [-0.3, -0.25) is 4.79 Å². The van der Waals surface area contributed by atoms with Gasteiger partial charge in [-0.2, -0.15) is 0 Å². The van der Waals surface area contributed by atoms with Crippen molar-refractivity contribution in [2.24, 2.45) is 5.73 Å². The number of carbonyl (C=O) groups is 1. The maximum absolute atomic E-state index is 12.0. The summed E-state index contributed by atoms with van der Waals surface area (Å²) in [6.45, 7) is 3.36. The van der Waals surface area contributed by atoms with Gasteiger partial charge in [0.2, 0.25) is 0 Å². The largest absolute Gasteiger partial charge is 0.347 e. The van der Waals surface area contributed by atoms with Gasteiger partial charge in [-0.25, -0.2) is 0 Å². The van der Waals surface area contributed by atoms with Gasteiger partial charge in [0.25, 0.3) is 5.91 Å². The number of hydrogen-bond donors (Lipinski definition) is 2. The fraction of sp³-hybridized carbons (Fsp3) is 0.312. The van der Waals surface area contributed by atoms with Crippen LogP contribution in [0, 0.1) is 0 Å². The molecule has 20 heavy (non-hydrogen) atoms. The van der Waals surface area contributed by atoms with E-state index in [1.165, 1.54) is 9.75 Å². The predicted octanol–water partition coefficient (Wildman–Crippen LogP) is 2.74. The Balaban J connectivity index is 1.90. The van der Waals surface area contributed by atoms with E-state index >= 15 is 0 Å². The monoisotopic (exact) mass is 288 g/mol. The molecule has 0 saturated heterocycles.